The van der Waals surface area contributed by atoms with Gasteiger partial charge in [0.15, 0.2) is 0 Å². The monoisotopic (exact) mass is 375 g/mol. The fraction of sp³-hybridized carbons (Fsp3) is 0.0400. The fourth-order valence-corrected chi connectivity index (χ4v) is 3.90. The largest absolute Gasteiger partial charge is 0.497 e. The molecule has 0 saturated carbocycles. The lowest BCUT2D eigenvalue weighted by atomic mass is 10.0. The Morgan fingerprint density at radius 2 is 1.55 bits per heavy atom. The van der Waals surface area contributed by atoms with E-state index in [-0.39, 0.29) is 0 Å². The average molecular weight is 375 g/mol. The van der Waals surface area contributed by atoms with Gasteiger partial charge in [0.05, 0.1) is 29.4 Å². The Balaban J connectivity index is 1.90. The number of hydrogen-bond donors (Lipinski definition) is 0. The third-order valence-corrected chi connectivity index (χ3v) is 5.20. The highest BCUT2D eigenvalue weighted by molar-refractivity contribution is 6.09. The van der Waals surface area contributed by atoms with E-state index in [1.807, 2.05) is 24.3 Å². The summed E-state index contributed by atoms with van der Waals surface area (Å²) >= 11 is 0. The van der Waals surface area contributed by atoms with Gasteiger partial charge in [0.1, 0.15) is 11.8 Å². The summed E-state index contributed by atoms with van der Waals surface area (Å²) in [6, 6.07) is 26.8. The Hall–Kier alpha value is -4.10. The molecule has 0 aliphatic carbocycles. The van der Waals surface area contributed by atoms with E-state index in [0.717, 1.165) is 33.6 Å². The molecule has 0 atom stereocenters. The topological polar surface area (TPSA) is 50.8 Å². The molecule has 0 aliphatic rings. The molecule has 4 nitrogen and oxygen atoms in total. The number of rotatable bonds is 3. The molecule has 0 fully saturated rings. The Bertz CT molecular complexity index is 1360. The lowest BCUT2D eigenvalue weighted by molar-refractivity contribution is 0.414. The Morgan fingerprint density at radius 1 is 0.862 bits per heavy atom. The minimum atomic E-state index is 0.534. The Labute approximate surface area is 168 Å². The van der Waals surface area contributed by atoms with Crippen LogP contribution >= 0.6 is 0 Å². The molecular weight excluding hydrogens is 358 g/mol. The maximum absolute atomic E-state index is 9.31. The van der Waals surface area contributed by atoms with Gasteiger partial charge in [-0.15, -0.1) is 0 Å². The molecule has 3 aromatic carbocycles. The van der Waals surface area contributed by atoms with Crippen molar-refractivity contribution in [3.63, 3.8) is 0 Å². The molecular formula is C25H17N3O. The Kier molecular flexibility index (Phi) is 4.00. The smallest absolute Gasteiger partial charge is 0.120 e. The summed E-state index contributed by atoms with van der Waals surface area (Å²) in [5.41, 5.74) is 5.64. The zero-order valence-electron chi connectivity index (χ0n) is 15.8. The van der Waals surface area contributed by atoms with Gasteiger partial charge in [-0.3, -0.25) is 4.98 Å². The lowest BCUT2D eigenvalue weighted by Gasteiger charge is -2.15. The van der Waals surface area contributed by atoms with Crippen molar-refractivity contribution in [2.24, 2.45) is 0 Å². The highest BCUT2D eigenvalue weighted by Crippen LogP contribution is 2.37. The molecule has 0 aliphatic heterocycles. The van der Waals surface area contributed by atoms with E-state index in [2.05, 4.69) is 64.2 Å². The summed E-state index contributed by atoms with van der Waals surface area (Å²) in [6.45, 7) is 0. The highest BCUT2D eigenvalue weighted by atomic mass is 16.5. The van der Waals surface area contributed by atoms with Crippen molar-refractivity contribution in [1.29, 1.82) is 5.26 Å². The first-order valence-corrected chi connectivity index (χ1v) is 9.32. The van der Waals surface area contributed by atoms with Crippen LogP contribution in [-0.2, 0) is 0 Å². The van der Waals surface area contributed by atoms with Crippen molar-refractivity contribution in [3.05, 3.63) is 90.8 Å². The van der Waals surface area contributed by atoms with Crippen LogP contribution in [0.4, 0.5) is 0 Å². The maximum atomic E-state index is 9.31. The van der Waals surface area contributed by atoms with Crippen LogP contribution < -0.4 is 4.74 Å². The van der Waals surface area contributed by atoms with Gasteiger partial charge < -0.3 is 9.30 Å². The quantitative estimate of drug-likeness (QED) is 0.405. The van der Waals surface area contributed by atoms with Crippen LogP contribution in [0.2, 0.25) is 0 Å². The van der Waals surface area contributed by atoms with Crippen LogP contribution in [0, 0.1) is 11.3 Å². The molecule has 0 saturated heterocycles. The standard InChI is InChI=1S/C25H17N3O/c1-29-19-10-11-20(18-12-17(14-26)15-27-16-18)25(13-19)28-23-8-4-2-6-21(23)22-7-3-5-9-24(22)28/h2-13,15-16H,1H3. The number of methoxy groups -OCH3 is 1. The van der Waals surface area contributed by atoms with Crippen LogP contribution in [0.15, 0.2) is 85.2 Å². The van der Waals surface area contributed by atoms with Gasteiger partial charge in [0, 0.05) is 40.4 Å². The molecule has 0 unspecified atom stereocenters. The molecule has 4 heteroatoms. The van der Waals surface area contributed by atoms with Crippen LogP contribution in [0.5, 0.6) is 5.75 Å². The minimum absolute atomic E-state index is 0.534. The molecule has 29 heavy (non-hydrogen) atoms. The van der Waals surface area contributed by atoms with Crippen LogP contribution in [0.3, 0.4) is 0 Å². The zero-order chi connectivity index (χ0) is 19.8. The molecule has 0 radical (unpaired) electrons. The molecule has 0 amide bonds. The number of aromatic nitrogens is 2. The number of benzene rings is 3. The van der Waals surface area contributed by atoms with E-state index < -0.39 is 0 Å². The van der Waals surface area contributed by atoms with Crippen molar-refractivity contribution < 1.29 is 4.74 Å². The van der Waals surface area contributed by atoms with E-state index in [1.54, 1.807) is 19.5 Å². The molecule has 2 aromatic heterocycles. The lowest BCUT2D eigenvalue weighted by Crippen LogP contribution is -1.99. The number of nitriles is 1. The molecule has 138 valence electrons. The second-order valence-corrected chi connectivity index (χ2v) is 6.83. The predicted molar refractivity (Wildman–Crippen MR) is 115 cm³/mol. The number of fused-ring (bicyclic) bond motifs is 3. The van der Waals surface area contributed by atoms with E-state index in [9.17, 15) is 5.26 Å². The van der Waals surface area contributed by atoms with Gasteiger partial charge in [-0.05, 0) is 30.3 Å². The van der Waals surface area contributed by atoms with Gasteiger partial charge in [0.25, 0.3) is 0 Å². The van der Waals surface area contributed by atoms with Gasteiger partial charge in [-0.2, -0.15) is 5.26 Å². The SMILES string of the molecule is COc1ccc(-c2cncc(C#N)c2)c(-n2c3ccccc3c3ccccc32)c1. The zero-order valence-corrected chi connectivity index (χ0v) is 15.8. The van der Waals surface area contributed by atoms with Crippen molar-refractivity contribution in [1.82, 2.24) is 9.55 Å². The number of hydrogen-bond acceptors (Lipinski definition) is 3. The second kappa shape index (κ2) is 6.81. The molecule has 0 spiro atoms. The summed E-state index contributed by atoms with van der Waals surface area (Å²) < 4.78 is 7.78. The van der Waals surface area contributed by atoms with E-state index in [1.165, 1.54) is 10.8 Å². The molecule has 2 heterocycles. The molecule has 0 N–H and O–H groups in total. The highest BCUT2D eigenvalue weighted by Gasteiger charge is 2.16. The van der Waals surface area contributed by atoms with E-state index in [4.69, 9.17) is 4.74 Å². The number of pyridine rings is 1. The fourth-order valence-electron chi connectivity index (χ4n) is 3.90. The first-order valence-electron chi connectivity index (χ1n) is 9.32. The summed E-state index contributed by atoms with van der Waals surface area (Å²) in [4.78, 5) is 4.26. The number of para-hydroxylation sites is 2. The summed E-state index contributed by atoms with van der Waals surface area (Å²) in [5.74, 6) is 0.773. The number of ether oxygens (including phenoxy) is 1. The van der Waals surface area contributed by atoms with Gasteiger partial charge in [0.2, 0.25) is 0 Å². The van der Waals surface area contributed by atoms with Crippen molar-refractivity contribution >= 4 is 21.8 Å². The van der Waals surface area contributed by atoms with Gasteiger partial charge in [-0.25, -0.2) is 0 Å². The first-order chi connectivity index (χ1) is 14.3. The third-order valence-electron chi connectivity index (χ3n) is 5.20. The van der Waals surface area contributed by atoms with Crippen LogP contribution in [0.25, 0.3) is 38.6 Å². The van der Waals surface area contributed by atoms with Crippen molar-refractivity contribution in [3.8, 4) is 28.6 Å². The van der Waals surface area contributed by atoms with Gasteiger partial charge in [-0.1, -0.05) is 36.4 Å². The predicted octanol–water partition coefficient (Wildman–Crippen LogP) is 5.73. The minimum Gasteiger partial charge on any atom is -0.497 e. The van der Waals surface area contributed by atoms with Crippen molar-refractivity contribution in [2.45, 2.75) is 0 Å². The second-order valence-electron chi connectivity index (χ2n) is 6.83. The van der Waals surface area contributed by atoms with Gasteiger partial charge >= 0.3 is 0 Å². The molecule has 5 rings (SSSR count). The van der Waals surface area contributed by atoms with E-state index in [0.29, 0.717) is 5.56 Å². The molecule has 5 aromatic rings. The molecule has 0 bridgehead atoms. The average Bonchev–Trinajstić information content (AvgIpc) is 3.13. The summed E-state index contributed by atoms with van der Waals surface area (Å²) in [7, 11) is 1.67. The number of nitrogens with zero attached hydrogens (tertiary/aromatic N) is 3. The van der Waals surface area contributed by atoms with Crippen LogP contribution in [0.1, 0.15) is 5.56 Å². The first kappa shape index (κ1) is 17.0. The van der Waals surface area contributed by atoms with Crippen LogP contribution in [-0.4, -0.2) is 16.7 Å². The third kappa shape index (κ3) is 2.72. The maximum Gasteiger partial charge on any atom is 0.120 e. The Morgan fingerprint density at radius 3 is 2.21 bits per heavy atom. The van der Waals surface area contributed by atoms with Crippen molar-refractivity contribution in [2.75, 3.05) is 7.11 Å². The van der Waals surface area contributed by atoms with E-state index >= 15 is 0 Å². The normalized spacial score (nSPS) is 10.9. The summed E-state index contributed by atoms with van der Waals surface area (Å²) in [6.07, 6.45) is 3.37. The summed E-state index contributed by atoms with van der Waals surface area (Å²) in [5, 5.41) is 11.7.